The van der Waals surface area contributed by atoms with Crippen molar-refractivity contribution in [1.29, 1.82) is 0 Å². The molecule has 2 aliphatic heterocycles. The number of carbonyl (C=O) groups excluding carboxylic acids is 3. The van der Waals surface area contributed by atoms with E-state index in [-0.39, 0.29) is 58.4 Å². The van der Waals surface area contributed by atoms with E-state index in [0.29, 0.717) is 0 Å². The number of fused-ring (bicyclic) bond motifs is 1. The van der Waals surface area contributed by atoms with Crippen LogP contribution in [0, 0.1) is 5.41 Å². The molecule has 15 heteroatoms. The van der Waals surface area contributed by atoms with Gasteiger partial charge in [-0.3, -0.25) is 14.6 Å². The fourth-order valence-corrected chi connectivity index (χ4v) is 6.19. The first-order chi connectivity index (χ1) is 15.8. The van der Waals surface area contributed by atoms with Crippen LogP contribution < -0.4 is 45.7 Å². The standard InChI is InChI=1S/C19H18N6O5S3.Na/c20-18-22-11(7-32-18)12(24-30)14(26)23-13-15(27)25-8-19(17(28)29,9-33-16(13)25)3-6-31-10-1-4-21-5-2-10;/h1-7,13,16,30H,8-9H2,(H2,20,22)(H,23,26)(H,28,29);/q;+1/p-1/t13?,16-,19?;/m1./s1. The van der Waals surface area contributed by atoms with Crippen molar-refractivity contribution in [3.8, 4) is 0 Å². The van der Waals surface area contributed by atoms with Gasteiger partial charge in [-0.2, -0.15) is 0 Å². The van der Waals surface area contributed by atoms with Crippen LogP contribution in [0.2, 0.25) is 0 Å². The van der Waals surface area contributed by atoms with Crippen molar-refractivity contribution in [3.05, 3.63) is 47.1 Å². The molecular formula is C19H17N6NaO5S3. The van der Waals surface area contributed by atoms with Crippen molar-refractivity contribution in [2.75, 3.05) is 18.0 Å². The van der Waals surface area contributed by atoms with Gasteiger partial charge in [-0.15, -0.1) is 23.1 Å². The molecule has 11 nitrogen and oxygen atoms in total. The zero-order valence-electron chi connectivity index (χ0n) is 17.8. The first-order valence-corrected chi connectivity index (χ1v) is 12.3. The molecule has 172 valence electrons. The van der Waals surface area contributed by atoms with Crippen molar-refractivity contribution in [2.45, 2.75) is 16.3 Å². The summed E-state index contributed by atoms with van der Waals surface area (Å²) >= 11 is 3.64. The average Bonchev–Trinajstić information content (AvgIpc) is 3.24. The third-order valence-corrected chi connectivity index (χ3v) is 8.16. The molecule has 2 aromatic heterocycles. The van der Waals surface area contributed by atoms with Gasteiger partial charge in [0.1, 0.15) is 17.1 Å². The molecule has 0 radical (unpaired) electrons. The molecule has 0 saturated carbocycles. The summed E-state index contributed by atoms with van der Waals surface area (Å²) in [6.45, 7) is -0.0742. The average molecular weight is 529 g/mol. The maximum atomic E-state index is 12.7. The summed E-state index contributed by atoms with van der Waals surface area (Å²) in [5.41, 5.74) is 3.91. The van der Waals surface area contributed by atoms with Crippen LogP contribution in [0.15, 0.2) is 51.4 Å². The van der Waals surface area contributed by atoms with E-state index in [4.69, 9.17) is 5.73 Å². The van der Waals surface area contributed by atoms with Crippen LogP contribution in [-0.4, -0.2) is 67.3 Å². The molecule has 2 fully saturated rings. The van der Waals surface area contributed by atoms with E-state index in [1.165, 1.54) is 33.8 Å². The minimum atomic E-state index is -1.36. The van der Waals surface area contributed by atoms with Crippen LogP contribution in [0.1, 0.15) is 5.69 Å². The third kappa shape index (κ3) is 5.26. The Kier molecular flexibility index (Phi) is 8.65. The van der Waals surface area contributed by atoms with E-state index >= 15 is 0 Å². The molecule has 0 bridgehead atoms. The maximum absolute atomic E-state index is 12.7. The van der Waals surface area contributed by atoms with Gasteiger partial charge in [0.2, 0.25) is 5.91 Å². The van der Waals surface area contributed by atoms with Gasteiger partial charge in [-0.25, -0.2) is 4.98 Å². The predicted octanol–water partition coefficient (Wildman–Crippen LogP) is -3.26. The van der Waals surface area contributed by atoms with Crippen molar-refractivity contribution < 1.29 is 54.3 Å². The molecule has 4 rings (SSSR count). The van der Waals surface area contributed by atoms with E-state index in [2.05, 4.69) is 20.4 Å². The quantitative estimate of drug-likeness (QED) is 0.0827. The van der Waals surface area contributed by atoms with Gasteiger partial charge in [0.05, 0.1) is 11.4 Å². The van der Waals surface area contributed by atoms with Gasteiger partial charge >= 0.3 is 29.6 Å². The Bertz CT molecular complexity index is 1150. The number of oxime groups is 1. The van der Waals surface area contributed by atoms with Crippen molar-refractivity contribution in [3.63, 3.8) is 0 Å². The molecule has 2 aliphatic rings. The second-order valence-electron chi connectivity index (χ2n) is 7.19. The number of hydrogen-bond acceptors (Lipinski definition) is 12. The summed E-state index contributed by atoms with van der Waals surface area (Å²) in [7, 11) is 0. The summed E-state index contributed by atoms with van der Waals surface area (Å²) in [5.74, 6) is -2.34. The molecule has 2 unspecified atom stereocenters. The summed E-state index contributed by atoms with van der Waals surface area (Å²) in [5, 5.41) is 29.6. The van der Waals surface area contributed by atoms with Gasteiger partial charge in [0, 0.05) is 35.0 Å². The number of thiazole rings is 1. The number of carboxylic acids is 1. The van der Waals surface area contributed by atoms with Crippen molar-refractivity contribution in [2.24, 2.45) is 10.6 Å². The molecule has 4 heterocycles. The Morgan fingerprint density at radius 3 is 2.76 bits per heavy atom. The largest absolute Gasteiger partial charge is 1.00 e. The van der Waals surface area contributed by atoms with Crippen molar-refractivity contribution in [1.82, 2.24) is 20.2 Å². The van der Waals surface area contributed by atoms with Crippen LogP contribution in [0.25, 0.3) is 0 Å². The fraction of sp³-hybridized carbons (Fsp3) is 0.263. The van der Waals surface area contributed by atoms with Crippen molar-refractivity contribution >= 4 is 63.5 Å². The summed E-state index contributed by atoms with van der Waals surface area (Å²) < 4.78 is 0. The number of nitrogen functional groups attached to an aromatic ring is 1. The molecule has 0 aliphatic carbocycles. The maximum Gasteiger partial charge on any atom is 1.00 e. The molecule has 4 N–H and O–H groups in total. The second kappa shape index (κ2) is 11.1. The molecular weight excluding hydrogens is 511 g/mol. The minimum Gasteiger partial charge on any atom is -0.549 e. The number of thioether (sulfide) groups is 2. The number of β-lactam (4-membered cyclic amide) rings is 1. The molecule has 2 amide bonds. The number of nitrogens with two attached hydrogens (primary N) is 1. The number of pyridine rings is 1. The van der Waals surface area contributed by atoms with Gasteiger partial charge in [0.15, 0.2) is 10.8 Å². The number of carbonyl (C=O) groups is 3. The number of nitrogens with zero attached hydrogens (tertiary/aromatic N) is 4. The number of nitrogens with one attached hydrogen (secondary N) is 1. The second-order valence-corrected chi connectivity index (χ2v) is 10.2. The van der Waals surface area contributed by atoms with Crippen LogP contribution in [0.5, 0.6) is 0 Å². The van der Waals surface area contributed by atoms with Crippen LogP contribution in [0.3, 0.4) is 0 Å². The topological polar surface area (TPSA) is 174 Å². The number of rotatable bonds is 7. The molecule has 0 aromatic carbocycles. The smallest absolute Gasteiger partial charge is 0.549 e. The summed E-state index contributed by atoms with van der Waals surface area (Å²) in [6, 6.07) is 2.70. The SMILES string of the molecule is Nc1nc(C(=NO)C(=O)NC2C(=O)N3CC(C=CSc4ccncc4)(C(=O)[O-])CS[C@H]23)cs1.[Na+]. The Hall–Kier alpha value is -2.10. The number of aliphatic carboxylic acids is 1. The first-order valence-electron chi connectivity index (χ1n) is 9.47. The van der Waals surface area contributed by atoms with Gasteiger partial charge < -0.3 is 31.1 Å². The Balaban J connectivity index is 0.00000324. The first kappa shape index (κ1) is 26.5. The van der Waals surface area contributed by atoms with Gasteiger partial charge in [-0.1, -0.05) is 23.0 Å². The van der Waals surface area contributed by atoms with E-state index in [1.807, 2.05) is 0 Å². The number of hydrogen-bond donors (Lipinski definition) is 3. The fourth-order valence-electron chi connectivity index (χ4n) is 3.37. The summed E-state index contributed by atoms with van der Waals surface area (Å²) in [6.07, 6.45) is 4.81. The van der Waals surface area contributed by atoms with E-state index in [0.717, 1.165) is 16.2 Å². The Morgan fingerprint density at radius 1 is 1.41 bits per heavy atom. The van der Waals surface area contributed by atoms with E-state index < -0.39 is 34.6 Å². The van der Waals surface area contributed by atoms with Crippen LogP contribution >= 0.6 is 34.9 Å². The number of carboxylic acid groups (broad SMARTS) is 1. The van der Waals surface area contributed by atoms with Crippen LogP contribution in [-0.2, 0) is 14.4 Å². The molecule has 3 atom stereocenters. The van der Waals surface area contributed by atoms with Gasteiger partial charge in [0.25, 0.3) is 5.91 Å². The molecule has 2 aromatic rings. The van der Waals surface area contributed by atoms with Gasteiger partial charge in [-0.05, 0) is 17.5 Å². The third-order valence-electron chi connectivity index (χ3n) is 5.12. The summed E-state index contributed by atoms with van der Waals surface area (Å²) in [4.78, 5) is 47.3. The normalized spacial score (nSPS) is 24.2. The number of anilines is 1. The minimum absolute atomic E-state index is 0. The predicted molar refractivity (Wildman–Crippen MR) is 121 cm³/mol. The van der Waals surface area contributed by atoms with E-state index in [9.17, 15) is 24.7 Å². The van der Waals surface area contributed by atoms with E-state index in [1.54, 1.807) is 36.0 Å². The number of aromatic nitrogens is 2. The van der Waals surface area contributed by atoms with Crippen LogP contribution in [0.4, 0.5) is 5.13 Å². The molecule has 0 spiro atoms. The monoisotopic (exact) mass is 528 g/mol. The number of amides is 2. The Morgan fingerprint density at radius 2 is 2.15 bits per heavy atom. The Labute approximate surface area is 228 Å². The zero-order chi connectivity index (χ0) is 23.6. The molecule has 34 heavy (non-hydrogen) atoms. The zero-order valence-corrected chi connectivity index (χ0v) is 22.2. The molecule has 2 saturated heterocycles.